The number of amides is 1. The van der Waals surface area contributed by atoms with E-state index in [1.807, 2.05) is 12.1 Å². The standard InChI is InChI=1S/C23H34N6O2/c1-2-28-9-6-17-14-18(29-10-12-31-13-11-29)5-7-23(17,16-28)22(30)25-15-20-19-4-3-8-24-21(19)27-26-20/h3-4,8,17-18H,2,5-7,9-16H2,1H3,(H,25,30)(H,24,26,27)/t17-,18+,23-/m1/s1. The molecule has 168 valence electrons. The van der Waals surface area contributed by atoms with Crippen LogP contribution in [0.2, 0.25) is 0 Å². The SMILES string of the molecule is CCN1CC[C@@H]2C[C@@H](N3CCOCC3)CC[C@@]2(C(=O)NCc2[nH]nc3ncccc23)C1. The lowest BCUT2D eigenvalue weighted by Gasteiger charge is -2.53. The Labute approximate surface area is 183 Å². The summed E-state index contributed by atoms with van der Waals surface area (Å²) in [6.07, 6.45) is 6.04. The lowest BCUT2D eigenvalue weighted by atomic mass is 9.61. The summed E-state index contributed by atoms with van der Waals surface area (Å²) in [7, 11) is 0. The molecule has 0 unspecified atom stereocenters. The number of pyridine rings is 1. The molecule has 8 heteroatoms. The van der Waals surface area contributed by atoms with Crippen LogP contribution in [-0.2, 0) is 16.1 Å². The average Bonchev–Trinajstić information content (AvgIpc) is 3.25. The molecule has 1 saturated carbocycles. The van der Waals surface area contributed by atoms with Crippen molar-refractivity contribution >= 4 is 16.9 Å². The number of aromatic amines is 1. The molecule has 4 heterocycles. The minimum absolute atomic E-state index is 0.211. The average molecular weight is 427 g/mol. The van der Waals surface area contributed by atoms with Crippen LogP contribution in [-0.4, -0.2) is 82.9 Å². The molecule has 3 aliphatic rings. The molecule has 8 nitrogen and oxygen atoms in total. The second-order valence-electron chi connectivity index (χ2n) is 9.35. The number of carbonyl (C=O) groups is 1. The zero-order valence-corrected chi connectivity index (χ0v) is 18.5. The minimum atomic E-state index is -0.287. The fraction of sp³-hybridized carbons (Fsp3) is 0.696. The first-order valence-electron chi connectivity index (χ1n) is 11.8. The third-order valence-corrected chi connectivity index (χ3v) is 7.86. The van der Waals surface area contributed by atoms with E-state index < -0.39 is 0 Å². The molecular weight excluding hydrogens is 392 g/mol. The molecule has 1 aliphatic carbocycles. The van der Waals surface area contributed by atoms with Gasteiger partial charge in [-0.25, -0.2) is 4.98 Å². The van der Waals surface area contributed by atoms with Gasteiger partial charge in [0.15, 0.2) is 5.65 Å². The van der Waals surface area contributed by atoms with Gasteiger partial charge in [-0.2, -0.15) is 5.10 Å². The number of nitrogens with one attached hydrogen (secondary N) is 2. The van der Waals surface area contributed by atoms with Crippen LogP contribution in [0.25, 0.3) is 11.0 Å². The van der Waals surface area contributed by atoms with Crippen molar-refractivity contribution in [1.82, 2.24) is 30.3 Å². The van der Waals surface area contributed by atoms with Crippen LogP contribution >= 0.6 is 0 Å². The maximum Gasteiger partial charge on any atom is 0.228 e. The van der Waals surface area contributed by atoms with E-state index in [0.717, 1.165) is 82.7 Å². The molecular formula is C23H34N6O2. The molecule has 0 spiro atoms. The Balaban J connectivity index is 1.31. The highest BCUT2D eigenvalue weighted by molar-refractivity contribution is 5.84. The van der Waals surface area contributed by atoms with Crippen molar-refractivity contribution in [2.24, 2.45) is 11.3 Å². The summed E-state index contributed by atoms with van der Waals surface area (Å²) >= 11 is 0. The number of piperidine rings is 1. The third kappa shape index (κ3) is 3.97. The number of morpholine rings is 1. The van der Waals surface area contributed by atoms with Gasteiger partial charge in [0.05, 0.1) is 30.9 Å². The summed E-state index contributed by atoms with van der Waals surface area (Å²) in [5.74, 6) is 0.653. The number of nitrogens with zero attached hydrogens (tertiary/aromatic N) is 4. The van der Waals surface area contributed by atoms with Gasteiger partial charge >= 0.3 is 0 Å². The lowest BCUT2D eigenvalue weighted by molar-refractivity contribution is -0.145. The number of H-pyrrole nitrogens is 1. The number of aromatic nitrogens is 3. The van der Waals surface area contributed by atoms with Crippen LogP contribution in [0.4, 0.5) is 0 Å². The van der Waals surface area contributed by atoms with Crippen molar-refractivity contribution in [2.75, 3.05) is 45.9 Å². The maximum absolute atomic E-state index is 13.7. The smallest absolute Gasteiger partial charge is 0.228 e. The Hall–Kier alpha value is -2.03. The summed E-state index contributed by atoms with van der Waals surface area (Å²) in [6, 6.07) is 4.50. The highest BCUT2D eigenvalue weighted by Gasteiger charge is 2.52. The van der Waals surface area contributed by atoms with Gasteiger partial charge in [-0.1, -0.05) is 6.92 Å². The molecule has 2 aromatic heterocycles. The highest BCUT2D eigenvalue weighted by atomic mass is 16.5. The Bertz CT molecular complexity index is 910. The van der Waals surface area contributed by atoms with Gasteiger partial charge in [0.25, 0.3) is 0 Å². The van der Waals surface area contributed by atoms with Crippen molar-refractivity contribution in [3.8, 4) is 0 Å². The van der Waals surface area contributed by atoms with Crippen LogP contribution in [0.1, 0.15) is 38.3 Å². The van der Waals surface area contributed by atoms with Crippen molar-refractivity contribution < 1.29 is 9.53 Å². The Kier molecular flexibility index (Phi) is 5.95. The monoisotopic (exact) mass is 426 g/mol. The number of hydrogen-bond donors (Lipinski definition) is 2. The molecule has 3 atom stereocenters. The van der Waals surface area contributed by atoms with Gasteiger partial charge in [-0.3, -0.25) is 14.8 Å². The molecule has 1 amide bonds. The zero-order valence-electron chi connectivity index (χ0n) is 18.5. The number of ether oxygens (including phenoxy) is 1. The van der Waals surface area contributed by atoms with E-state index in [1.54, 1.807) is 6.20 Å². The molecule has 0 bridgehead atoms. The van der Waals surface area contributed by atoms with E-state index in [1.165, 1.54) is 0 Å². The summed E-state index contributed by atoms with van der Waals surface area (Å²) in [6.45, 7) is 9.38. The van der Waals surface area contributed by atoms with Crippen molar-refractivity contribution in [3.05, 3.63) is 24.0 Å². The van der Waals surface area contributed by atoms with E-state index >= 15 is 0 Å². The predicted octanol–water partition coefficient (Wildman–Crippen LogP) is 1.79. The first kappa shape index (κ1) is 20.8. The van der Waals surface area contributed by atoms with Gasteiger partial charge in [0.1, 0.15) is 0 Å². The predicted molar refractivity (Wildman–Crippen MR) is 118 cm³/mol. The minimum Gasteiger partial charge on any atom is -0.379 e. The van der Waals surface area contributed by atoms with Crippen LogP contribution in [0, 0.1) is 11.3 Å². The normalized spacial score (nSPS) is 30.2. The zero-order chi connectivity index (χ0) is 21.3. The van der Waals surface area contributed by atoms with Crippen molar-refractivity contribution in [2.45, 2.75) is 45.2 Å². The Morgan fingerprint density at radius 2 is 2.19 bits per heavy atom. The molecule has 2 saturated heterocycles. The second kappa shape index (κ2) is 8.84. The number of carbonyl (C=O) groups excluding carboxylic acids is 1. The van der Waals surface area contributed by atoms with Crippen LogP contribution in [0.5, 0.6) is 0 Å². The molecule has 3 fully saturated rings. The van der Waals surface area contributed by atoms with Crippen LogP contribution in [0.15, 0.2) is 18.3 Å². The molecule has 2 N–H and O–H groups in total. The number of hydrogen-bond acceptors (Lipinski definition) is 6. The number of fused-ring (bicyclic) bond motifs is 2. The van der Waals surface area contributed by atoms with E-state index in [9.17, 15) is 4.79 Å². The fourth-order valence-corrected chi connectivity index (χ4v) is 6.02. The van der Waals surface area contributed by atoms with Crippen molar-refractivity contribution in [1.29, 1.82) is 0 Å². The van der Waals surface area contributed by atoms with Crippen LogP contribution in [0.3, 0.4) is 0 Å². The van der Waals surface area contributed by atoms with E-state index in [4.69, 9.17) is 4.74 Å². The largest absolute Gasteiger partial charge is 0.379 e. The summed E-state index contributed by atoms with van der Waals surface area (Å²) in [5.41, 5.74) is 1.34. The highest BCUT2D eigenvalue weighted by Crippen LogP contribution is 2.48. The quantitative estimate of drug-likeness (QED) is 0.758. The van der Waals surface area contributed by atoms with E-state index in [0.29, 0.717) is 24.2 Å². The molecule has 0 radical (unpaired) electrons. The Morgan fingerprint density at radius 1 is 1.32 bits per heavy atom. The van der Waals surface area contributed by atoms with Gasteiger partial charge in [-0.05, 0) is 56.8 Å². The first-order valence-corrected chi connectivity index (χ1v) is 11.8. The topological polar surface area (TPSA) is 86.4 Å². The number of likely N-dealkylation sites (tertiary alicyclic amines) is 1. The molecule has 0 aromatic carbocycles. The van der Waals surface area contributed by atoms with Gasteiger partial charge < -0.3 is 15.0 Å². The van der Waals surface area contributed by atoms with Gasteiger partial charge in [-0.15, -0.1) is 0 Å². The summed E-state index contributed by atoms with van der Waals surface area (Å²) < 4.78 is 5.56. The van der Waals surface area contributed by atoms with Crippen molar-refractivity contribution in [3.63, 3.8) is 0 Å². The van der Waals surface area contributed by atoms with Gasteiger partial charge in [0, 0.05) is 37.3 Å². The molecule has 31 heavy (non-hydrogen) atoms. The number of rotatable bonds is 5. The second-order valence-corrected chi connectivity index (χ2v) is 9.35. The lowest BCUT2D eigenvalue weighted by Crippen LogP contribution is -2.60. The molecule has 5 rings (SSSR count). The maximum atomic E-state index is 13.7. The first-order chi connectivity index (χ1) is 15.2. The van der Waals surface area contributed by atoms with E-state index in [-0.39, 0.29) is 11.3 Å². The summed E-state index contributed by atoms with van der Waals surface area (Å²) in [5, 5.41) is 11.6. The summed E-state index contributed by atoms with van der Waals surface area (Å²) in [4.78, 5) is 23.0. The molecule has 2 aromatic rings. The van der Waals surface area contributed by atoms with E-state index in [2.05, 4.69) is 37.2 Å². The third-order valence-electron chi connectivity index (χ3n) is 7.86. The van der Waals surface area contributed by atoms with Gasteiger partial charge in [0.2, 0.25) is 5.91 Å². The Morgan fingerprint density at radius 3 is 3.03 bits per heavy atom. The fourth-order valence-electron chi connectivity index (χ4n) is 6.02. The van der Waals surface area contributed by atoms with Crippen LogP contribution < -0.4 is 5.32 Å². The molecule has 2 aliphatic heterocycles.